The molecule has 1 aromatic rings. The maximum atomic E-state index is 12.4. The van der Waals surface area contributed by atoms with E-state index < -0.39 is 0 Å². The van der Waals surface area contributed by atoms with Gasteiger partial charge in [0.15, 0.2) is 0 Å². The third-order valence-electron chi connectivity index (χ3n) is 5.20. The van der Waals surface area contributed by atoms with Crippen molar-refractivity contribution in [3.8, 4) is 0 Å². The van der Waals surface area contributed by atoms with Gasteiger partial charge in [0, 0.05) is 18.8 Å². The van der Waals surface area contributed by atoms with Gasteiger partial charge < -0.3 is 15.4 Å². The Hall–Kier alpha value is -1.96. The molecular weight excluding hydrogens is 332 g/mol. The van der Waals surface area contributed by atoms with E-state index in [4.69, 9.17) is 4.74 Å². The molecule has 0 spiro atoms. The van der Waals surface area contributed by atoms with Gasteiger partial charge in [0.25, 0.3) is 0 Å². The molecule has 2 amide bonds. The van der Waals surface area contributed by atoms with E-state index in [1.807, 2.05) is 12.1 Å². The second-order valence-corrected chi connectivity index (χ2v) is 7.31. The molecule has 3 fully saturated rings. The van der Waals surface area contributed by atoms with E-state index in [1.165, 1.54) is 18.4 Å². The van der Waals surface area contributed by atoms with Crippen LogP contribution in [0.3, 0.4) is 0 Å². The summed E-state index contributed by atoms with van der Waals surface area (Å²) in [7, 11) is 0. The summed E-state index contributed by atoms with van der Waals surface area (Å²) >= 11 is 0. The molecule has 1 saturated carbocycles. The number of benzene rings is 1. The molecule has 4 rings (SSSR count). The second-order valence-electron chi connectivity index (χ2n) is 7.31. The number of hydrogen-bond acceptors (Lipinski definition) is 5. The molecule has 7 heteroatoms. The highest BCUT2D eigenvalue weighted by atomic mass is 16.5. The first-order valence-electron chi connectivity index (χ1n) is 9.44. The fraction of sp³-hybridized carbons (Fsp3) is 0.579. The molecule has 3 N–H and O–H groups in total. The van der Waals surface area contributed by atoms with Gasteiger partial charge in [-0.1, -0.05) is 12.1 Å². The highest BCUT2D eigenvalue weighted by Gasteiger charge is 2.31. The number of anilines is 1. The lowest BCUT2D eigenvalue weighted by Gasteiger charge is -2.40. The minimum atomic E-state index is -0.351. The number of nitrogens with one attached hydrogen (secondary N) is 3. The van der Waals surface area contributed by atoms with Crippen LogP contribution in [-0.2, 0) is 14.3 Å². The number of ether oxygens (including phenoxy) is 1. The van der Waals surface area contributed by atoms with E-state index in [2.05, 4.69) is 33.0 Å². The molecular formula is C19H26N4O3. The van der Waals surface area contributed by atoms with Crippen molar-refractivity contribution in [3.05, 3.63) is 29.8 Å². The lowest BCUT2D eigenvalue weighted by molar-refractivity contribution is -0.128. The zero-order valence-electron chi connectivity index (χ0n) is 14.9. The Labute approximate surface area is 153 Å². The number of carbonyl (C=O) groups is 2. The van der Waals surface area contributed by atoms with Gasteiger partial charge in [0.1, 0.15) is 0 Å². The van der Waals surface area contributed by atoms with Crippen LogP contribution in [0.5, 0.6) is 0 Å². The first-order valence-corrected chi connectivity index (χ1v) is 9.44. The van der Waals surface area contributed by atoms with Crippen molar-refractivity contribution in [2.24, 2.45) is 0 Å². The van der Waals surface area contributed by atoms with Gasteiger partial charge in [0.05, 0.1) is 38.4 Å². The zero-order valence-corrected chi connectivity index (χ0v) is 14.9. The lowest BCUT2D eigenvalue weighted by Crippen LogP contribution is -2.63. The molecule has 26 heavy (non-hydrogen) atoms. The van der Waals surface area contributed by atoms with Crippen LogP contribution in [0.4, 0.5) is 5.69 Å². The second kappa shape index (κ2) is 7.73. The summed E-state index contributed by atoms with van der Waals surface area (Å²) in [5.74, 6) is 0.535. The fourth-order valence-electron chi connectivity index (χ4n) is 3.68. The molecule has 2 unspecified atom stereocenters. The quantitative estimate of drug-likeness (QED) is 0.731. The molecule has 0 radical (unpaired) electrons. The van der Waals surface area contributed by atoms with E-state index in [9.17, 15) is 9.59 Å². The van der Waals surface area contributed by atoms with Gasteiger partial charge in [-0.15, -0.1) is 0 Å². The first-order chi connectivity index (χ1) is 12.7. The molecule has 1 aliphatic carbocycles. The van der Waals surface area contributed by atoms with Gasteiger partial charge in [-0.25, -0.2) is 0 Å². The molecule has 3 aliphatic rings. The summed E-state index contributed by atoms with van der Waals surface area (Å²) < 4.78 is 5.37. The van der Waals surface area contributed by atoms with Crippen LogP contribution in [-0.4, -0.2) is 55.3 Å². The van der Waals surface area contributed by atoms with E-state index in [0.717, 1.165) is 18.8 Å². The standard InChI is InChI=1S/C19H26N4O3/c24-18(20-15-3-1-2-14(10-15)13-4-5-13)11-16-21-17(12-19(25)22-16)23-6-8-26-9-7-23/h1-3,10,13,16-17,21H,4-9,11-12H2,(H,20,24)(H,22,25). The molecule has 2 saturated heterocycles. The molecule has 0 bridgehead atoms. The molecule has 7 nitrogen and oxygen atoms in total. The number of morpholine rings is 1. The Kier molecular flexibility index (Phi) is 5.19. The summed E-state index contributed by atoms with van der Waals surface area (Å²) in [6.07, 6.45) is 2.69. The van der Waals surface area contributed by atoms with E-state index >= 15 is 0 Å². The normalized spacial score (nSPS) is 27.0. The van der Waals surface area contributed by atoms with Crippen molar-refractivity contribution in [1.82, 2.24) is 15.5 Å². The lowest BCUT2D eigenvalue weighted by atomic mass is 10.1. The van der Waals surface area contributed by atoms with E-state index in [0.29, 0.717) is 25.6 Å². The Morgan fingerprint density at radius 2 is 2.08 bits per heavy atom. The Morgan fingerprint density at radius 1 is 1.27 bits per heavy atom. The van der Waals surface area contributed by atoms with Gasteiger partial charge in [-0.2, -0.15) is 0 Å². The average molecular weight is 358 g/mol. The van der Waals surface area contributed by atoms with Crippen LogP contribution in [0.2, 0.25) is 0 Å². The molecule has 2 aliphatic heterocycles. The van der Waals surface area contributed by atoms with Crippen LogP contribution in [0, 0.1) is 0 Å². The number of carbonyl (C=O) groups excluding carboxylic acids is 2. The summed E-state index contributed by atoms with van der Waals surface area (Å²) in [5.41, 5.74) is 2.12. The maximum absolute atomic E-state index is 12.4. The van der Waals surface area contributed by atoms with Crippen LogP contribution >= 0.6 is 0 Å². The number of amides is 2. The predicted molar refractivity (Wildman–Crippen MR) is 97.5 cm³/mol. The summed E-state index contributed by atoms with van der Waals surface area (Å²) in [6.45, 7) is 2.97. The molecule has 1 aromatic carbocycles. The monoisotopic (exact) mass is 358 g/mol. The molecule has 2 atom stereocenters. The van der Waals surface area contributed by atoms with Crippen LogP contribution in [0.1, 0.15) is 37.2 Å². The van der Waals surface area contributed by atoms with Gasteiger partial charge in [-0.3, -0.25) is 19.8 Å². The molecule has 2 heterocycles. The van der Waals surface area contributed by atoms with Crippen molar-refractivity contribution in [2.45, 2.75) is 43.9 Å². The number of rotatable bonds is 5. The highest BCUT2D eigenvalue weighted by Crippen LogP contribution is 2.40. The minimum Gasteiger partial charge on any atom is -0.379 e. The summed E-state index contributed by atoms with van der Waals surface area (Å²) in [5, 5.41) is 9.22. The van der Waals surface area contributed by atoms with Crippen LogP contribution < -0.4 is 16.0 Å². The van der Waals surface area contributed by atoms with E-state index in [-0.39, 0.29) is 30.6 Å². The minimum absolute atomic E-state index is 0.0197. The van der Waals surface area contributed by atoms with Crippen molar-refractivity contribution >= 4 is 17.5 Å². The van der Waals surface area contributed by atoms with Crippen LogP contribution in [0.15, 0.2) is 24.3 Å². The van der Waals surface area contributed by atoms with Crippen molar-refractivity contribution < 1.29 is 14.3 Å². The Morgan fingerprint density at radius 3 is 2.85 bits per heavy atom. The number of hydrogen-bond donors (Lipinski definition) is 3. The number of nitrogens with zero attached hydrogens (tertiary/aromatic N) is 1. The van der Waals surface area contributed by atoms with Crippen LogP contribution in [0.25, 0.3) is 0 Å². The van der Waals surface area contributed by atoms with Gasteiger partial charge in [-0.05, 0) is 36.5 Å². The molecule has 140 valence electrons. The topological polar surface area (TPSA) is 82.7 Å². The van der Waals surface area contributed by atoms with Gasteiger partial charge in [0.2, 0.25) is 11.8 Å². The molecule has 0 aromatic heterocycles. The average Bonchev–Trinajstić information content (AvgIpc) is 3.47. The zero-order chi connectivity index (χ0) is 17.9. The van der Waals surface area contributed by atoms with Crippen molar-refractivity contribution in [2.75, 3.05) is 31.6 Å². The van der Waals surface area contributed by atoms with Crippen molar-refractivity contribution in [3.63, 3.8) is 0 Å². The summed E-state index contributed by atoms with van der Waals surface area (Å²) in [6, 6.07) is 8.06. The Balaban J connectivity index is 1.32. The van der Waals surface area contributed by atoms with E-state index in [1.54, 1.807) is 0 Å². The third kappa shape index (κ3) is 4.41. The largest absolute Gasteiger partial charge is 0.379 e. The fourth-order valence-corrected chi connectivity index (χ4v) is 3.68. The SMILES string of the molecule is O=C(CC1NC(=O)CC(N2CCOCC2)N1)Nc1cccc(C2CC2)c1. The third-order valence-corrected chi connectivity index (χ3v) is 5.20. The highest BCUT2D eigenvalue weighted by molar-refractivity contribution is 5.91. The summed E-state index contributed by atoms with van der Waals surface area (Å²) in [4.78, 5) is 26.7. The Bertz CT molecular complexity index is 671. The predicted octanol–water partition coefficient (Wildman–Crippen LogP) is 0.987. The van der Waals surface area contributed by atoms with Gasteiger partial charge >= 0.3 is 0 Å². The maximum Gasteiger partial charge on any atom is 0.227 e. The first kappa shape index (κ1) is 17.5. The smallest absolute Gasteiger partial charge is 0.227 e. The van der Waals surface area contributed by atoms with Crippen molar-refractivity contribution in [1.29, 1.82) is 0 Å².